The van der Waals surface area contributed by atoms with Gasteiger partial charge in [-0.25, -0.2) is 9.97 Å². The van der Waals surface area contributed by atoms with Crippen molar-refractivity contribution >= 4 is 16.9 Å². The van der Waals surface area contributed by atoms with E-state index in [0.717, 1.165) is 0 Å². The number of nitrogens with zero attached hydrogens (tertiary/aromatic N) is 5. The molecule has 3 aromatic heterocycles. The molecule has 0 radical (unpaired) electrons. The van der Waals surface area contributed by atoms with E-state index in [4.69, 9.17) is 14.9 Å². The molecule has 1 unspecified atom stereocenters. The van der Waals surface area contributed by atoms with Gasteiger partial charge >= 0.3 is 0 Å². The van der Waals surface area contributed by atoms with Gasteiger partial charge in [-0.15, -0.1) is 10.2 Å². The zero-order chi connectivity index (χ0) is 17.8. The summed E-state index contributed by atoms with van der Waals surface area (Å²) in [5.41, 5.74) is 5.12. The first-order valence-electron chi connectivity index (χ1n) is 7.49. The third-order valence-corrected chi connectivity index (χ3v) is 4.42. The van der Waals surface area contributed by atoms with E-state index < -0.39 is 30.6 Å². The van der Waals surface area contributed by atoms with Crippen molar-refractivity contribution in [2.24, 2.45) is 0 Å². The highest BCUT2D eigenvalue weighted by molar-refractivity contribution is 5.98. The number of aliphatic hydroxyl groups is 3. The van der Waals surface area contributed by atoms with Crippen molar-refractivity contribution in [1.82, 2.24) is 24.7 Å². The van der Waals surface area contributed by atoms with E-state index in [-0.39, 0.29) is 11.7 Å². The molecule has 1 aliphatic heterocycles. The highest BCUT2D eigenvalue weighted by Gasteiger charge is 2.53. The number of fused-ring (bicyclic) bond motifs is 1. The molecule has 0 aromatic carbocycles. The SMILES string of the molecule is C[C@@]1(O)[C@H](O)C(CO)O[C@H]1n1cc(-c2nnco2)c2c(N)ncnc21. The van der Waals surface area contributed by atoms with Gasteiger partial charge in [0.15, 0.2) is 6.23 Å². The molecule has 1 saturated heterocycles. The molecule has 1 fully saturated rings. The van der Waals surface area contributed by atoms with Crippen LogP contribution in [-0.2, 0) is 4.74 Å². The fraction of sp³-hybridized carbons (Fsp3) is 0.429. The molecule has 1 aliphatic rings. The van der Waals surface area contributed by atoms with Crippen LogP contribution >= 0.6 is 0 Å². The van der Waals surface area contributed by atoms with Crippen LogP contribution in [0.15, 0.2) is 23.3 Å². The van der Waals surface area contributed by atoms with E-state index in [1.54, 1.807) is 6.20 Å². The van der Waals surface area contributed by atoms with Gasteiger partial charge in [-0.1, -0.05) is 0 Å². The Bertz CT molecular complexity index is 908. The number of rotatable bonds is 3. The van der Waals surface area contributed by atoms with Crippen molar-refractivity contribution in [2.75, 3.05) is 12.3 Å². The zero-order valence-electron chi connectivity index (χ0n) is 13.1. The number of anilines is 1. The summed E-state index contributed by atoms with van der Waals surface area (Å²) in [7, 11) is 0. The maximum atomic E-state index is 10.7. The molecule has 3 aromatic rings. The van der Waals surface area contributed by atoms with Gasteiger partial charge in [0.05, 0.1) is 17.6 Å². The van der Waals surface area contributed by atoms with Crippen molar-refractivity contribution in [1.29, 1.82) is 0 Å². The molecule has 25 heavy (non-hydrogen) atoms. The average molecular weight is 348 g/mol. The number of aromatic nitrogens is 5. The van der Waals surface area contributed by atoms with E-state index in [9.17, 15) is 15.3 Å². The number of hydrogen-bond donors (Lipinski definition) is 4. The van der Waals surface area contributed by atoms with E-state index in [1.165, 1.54) is 24.2 Å². The molecular formula is C14H16N6O5. The molecule has 0 amide bonds. The van der Waals surface area contributed by atoms with Crippen molar-refractivity contribution in [3.05, 3.63) is 18.9 Å². The van der Waals surface area contributed by atoms with E-state index in [0.29, 0.717) is 16.6 Å². The standard InChI is InChI=1S/C14H16N6O5/c1-14(23)9(22)7(3-21)25-13(14)20-2-6(12-19-18-5-24-12)8-10(15)16-4-17-11(8)20/h2,4-5,7,9,13,21-23H,3H2,1H3,(H2,15,16,17)/t7?,9-,13-,14-/m1/s1. The van der Waals surface area contributed by atoms with Crippen LogP contribution in [0.5, 0.6) is 0 Å². The van der Waals surface area contributed by atoms with Gasteiger partial charge in [0.25, 0.3) is 0 Å². The maximum Gasteiger partial charge on any atom is 0.249 e. The molecule has 11 nitrogen and oxygen atoms in total. The zero-order valence-corrected chi connectivity index (χ0v) is 13.1. The molecule has 0 aliphatic carbocycles. The average Bonchev–Trinajstić information content (AvgIpc) is 3.27. The molecule has 4 rings (SSSR count). The molecule has 4 atom stereocenters. The predicted molar refractivity (Wildman–Crippen MR) is 82.9 cm³/mol. The summed E-state index contributed by atoms with van der Waals surface area (Å²) in [5.74, 6) is 0.385. The third-order valence-electron chi connectivity index (χ3n) is 4.42. The van der Waals surface area contributed by atoms with E-state index in [1.807, 2.05) is 0 Å². The van der Waals surface area contributed by atoms with E-state index in [2.05, 4.69) is 20.2 Å². The lowest BCUT2D eigenvalue weighted by Gasteiger charge is -2.27. The highest BCUT2D eigenvalue weighted by atomic mass is 16.6. The lowest BCUT2D eigenvalue weighted by atomic mass is 9.96. The largest absolute Gasteiger partial charge is 0.423 e. The summed E-state index contributed by atoms with van der Waals surface area (Å²) in [6.45, 7) is 0.974. The minimum absolute atomic E-state index is 0.189. The summed E-state index contributed by atoms with van der Waals surface area (Å²) in [4.78, 5) is 8.18. The van der Waals surface area contributed by atoms with Crippen LogP contribution in [0.25, 0.3) is 22.5 Å². The Labute approximate surface area is 140 Å². The van der Waals surface area contributed by atoms with Crippen LogP contribution in [0.2, 0.25) is 0 Å². The van der Waals surface area contributed by atoms with Crippen LogP contribution in [0.4, 0.5) is 5.82 Å². The van der Waals surface area contributed by atoms with Gasteiger partial charge in [-0.2, -0.15) is 0 Å². The Morgan fingerprint density at radius 3 is 2.84 bits per heavy atom. The molecule has 5 N–H and O–H groups in total. The van der Waals surface area contributed by atoms with Crippen molar-refractivity contribution in [2.45, 2.75) is 31.0 Å². The minimum Gasteiger partial charge on any atom is -0.423 e. The first kappa shape index (κ1) is 15.9. The number of aliphatic hydroxyl groups excluding tert-OH is 2. The molecule has 0 spiro atoms. The minimum atomic E-state index is -1.68. The van der Waals surface area contributed by atoms with Crippen LogP contribution in [0.1, 0.15) is 13.2 Å². The summed E-state index contributed by atoms with van der Waals surface area (Å²) in [6, 6.07) is 0. The molecule has 11 heteroatoms. The van der Waals surface area contributed by atoms with E-state index >= 15 is 0 Å². The maximum absolute atomic E-state index is 10.7. The predicted octanol–water partition coefficient (Wildman–Crippen LogP) is -0.935. The summed E-state index contributed by atoms with van der Waals surface area (Å²) in [6.07, 6.45) is 0.777. The first-order chi connectivity index (χ1) is 11.9. The van der Waals surface area contributed by atoms with Gasteiger partial charge in [0.1, 0.15) is 35.6 Å². The van der Waals surface area contributed by atoms with Gasteiger partial charge in [0.2, 0.25) is 12.3 Å². The fourth-order valence-corrected chi connectivity index (χ4v) is 3.13. The smallest absolute Gasteiger partial charge is 0.249 e. The lowest BCUT2D eigenvalue weighted by Crippen LogP contribution is -2.44. The van der Waals surface area contributed by atoms with Crippen molar-refractivity contribution in [3.8, 4) is 11.5 Å². The third kappa shape index (κ3) is 2.21. The Hall–Kier alpha value is -2.60. The second-order valence-corrected chi connectivity index (χ2v) is 6.03. The molecule has 0 saturated carbocycles. The molecule has 0 bridgehead atoms. The van der Waals surface area contributed by atoms with Crippen LogP contribution in [0, 0.1) is 0 Å². The number of nitrogen functional groups attached to an aromatic ring is 1. The van der Waals surface area contributed by atoms with Crippen molar-refractivity contribution < 1.29 is 24.5 Å². The molecule has 132 valence electrons. The number of hydrogen-bond acceptors (Lipinski definition) is 10. The Morgan fingerprint density at radius 2 is 2.20 bits per heavy atom. The summed E-state index contributed by atoms with van der Waals surface area (Å²) < 4.78 is 12.4. The second kappa shape index (κ2) is 5.46. The lowest BCUT2D eigenvalue weighted by molar-refractivity contribution is -0.0948. The van der Waals surface area contributed by atoms with Gasteiger partial charge in [0, 0.05) is 6.20 Å². The Morgan fingerprint density at radius 1 is 1.40 bits per heavy atom. The van der Waals surface area contributed by atoms with Crippen LogP contribution < -0.4 is 5.73 Å². The highest BCUT2D eigenvalue weighted by Crippen LogP contribution is 2.42. The number of ether oxygens (including phenoxy) is 1. The summed E-state index contributed by atoms with van der Waals surface area (Å²) in [5, 5.41) is 38.3. The fourth-order valence-electron chi connectivity index (χ4n) is 3.13. The monoisotopic (exact) mass is 348 g/mol. The van der Waals surface area contributed by atoms with Crippen LogP contribution in [0.3, 0.4) is 0 Å². The first-order valence-corrected chi connectivity index (χ1v) is 7.49. The van der Waals surface area contributed by atoms with Gasteiger partial charge < -0.3 is 34.8 Å². The normalized spacial score (nSPS) is 29.5. The molecule has 4 heterocycles. The summed E-state index contributed by atoms with van der Waals surface area (Å²) >= 11 is 0. The Balaban J connectivity index is 1.93. The second-order valence-electron chi connectivity index (χ2n) is 6.03. The number of nitrogens with two attached hydrogens (primary N) is 1. The topological polar surface area (TPSA) is 166 Å². The van der Waals surface area contributed by atoms with Gasteiger partial charge in [-0.05, 0) is 6.92 Å². The Kier molecular flexibility index (Phi) is 3.47. The van der Waals surface area contributed by atoms with Gasteiger partial charge in [-0.3, -0.25) is 0 Å². The van der Waals surface area contributed by atoms with Crippen LogP contribution in [-0.4, -0.2) is 64.5 Å². The molecular weight excluding hydrogens is 332 g/mol. The quantitative estimate of drug-likeness (QED) is 0.464. The van der Waals surface area contributed by atoms with Crippen molar-refractivity contribution in [3.63, 3.8) is 0 Å².